The lowest BCUT2D eigenvalue weighted by Crippen LogP contribution is -2.50. The molecule has 6 heteroatoms. The van der Waals surface area contributed by atoms with Crippen molar-refractivity contribution in [3.8, 4) is 0 Å². The highest BCUT2D eigenvalue weighted by Gasteiger charge is 2.41. The fourth-order valence-electron chi connectivity index (χ4n) is 4.11. The van der Waals surface area contributed by atoms with Gasteiger partial charge in [-0.2, -0.15) is 0 Å². The Hall–Kier alpha value is -3.45. The molecule has 0 aromatic heterocycles. The number of rotatable bonds is 13. The van der Waals surface area contributed by atoms with Crippen LogP contribution < -0.4 is 5.32 Å². The average Bonchev–Trinajstić information content (AvgIpc) is 2.95. The van der Waals surface area contributed by atoms with Gasteiger partial charge < -0.3 is 24.3 Å². The Morgan fingerprint density at radius 1 is 0.784 bits per heavy atom. The van der Waals surface area contributed by atoms with Crippen molar-refractivity contribution in [3.05, 3.63) is 120 Å². The molecule has 0 saturated carbocycles. The lowest BCUT2D eigenvalue weighted by molar-refractivity contribution is -0.156. The first-order valence-corrected chi connectivity index (χ1v) is 12.8. The van der Waals surface area contributed by atoms with Crippen molar-refractivity contribution in [3.63, 3.8) is 0 Å². The number of hydrogen-bond acceptors (Lipinski definition) is 5. The van der Waals surface area contributed by atoms with Crippen LogP contribution in [0.2, 0.25) is 0 Å². The summed E-state index contributed by atoms with van der Waals surface area (Å²) in [4.78, 5) is 13.1. The number of carbonyl (C=O) groups is 1. The fourth-order valence-corrected chi connectivity index (χ4v) is 4.11. The van der Waals surface area contributed by atoms with E-state index in [0.717, 1.165) is 23.1 Å². The van der Waals surface area contributed by atoms with Crippen LogP contribution in [-0.4, -0.2) is 37.4 Å². The Balaban J connectivity index is 1.54. The molecule has 0 aliphatic carbocycles. The lowest BCUT2D eigenvalue weighted by atomic mass is 9.97. The average molecular weight is 502 g/mol. The molecule has 1 aliphatic heterocycles. The Labute approximate surface area is 219 Å². The lowest BCUT2D eigenvalue weighted by Gasteiger charge is -2.37. The van der Waals surface area contributed by atoms with Gasteiger partial charge in [0.15, 0.2) is 0 Å². The minimum Gasteiger partial charge on any atom is -0.492 e. The number of hydrogen-bond donors (Lipinski definition) is 1. The van der Waals surface area contributed by atoms with Crippen molar-refractivity contribution < 1.29 is 23.7 Å². The van der Waals surface area contributed by atoms with Gasteiger partial charge in [-0.3, -0.25) is 4.79 Å². The van der Waals surface area contributed by atoms with E-state index in [1.165, 1.54) is 6.26 Å². The molecular weight excluding hydrogens is 466 g/mol. The summed E-state index contributed by atoms with van der Waals surface area (Å²) in [6.45, 7) is 4.03. The minimum absolute atomic E-state index is 0.211. The molecule has 0 saturated heterocycles. The van der Waals surface area contributed by atoms with Crippen LogP contribution in [0, 0.1) is 0 Å². The highest BCUT2D eigenvalue weighted by Crippen LogP contribution is 2.27. The van der Waals surface area contributed by atoms with Crippen LogP contribution in [0.4, 0.5) is 0 Å². The van der Waals surface area contributed by atoms with Gasteiger partial charge in [-0.25, -0.2) is 0 Å². The van der Waals surface area contributed by atoms with Crippen LogP contribution in [-0.2, 0) is 43.6 Å². The van der Waals surface area contributed by atoms with E-state index in [-0.39, 0.29) is 5.91 Å². The summed E-state index contributed by atoms with van der Waals surface area (Å²) in [5.74, 6) is -0.211. The van der Waals surface area contributed by atoms with Gasteiger partial charge in [-0.05, 0) is 23.1 Å². The van der Waals surface area contributed by atoms with E-state index in [1.54, 1.807) is 0 Å². The van der Waals surface area contributed by atoms with Gasteiger partial charge in [-0.15, -0.1) is 0 Å². The predicted molar refractivity (Wildman–Crippen MR) is 142 cm³/mol. The minimum atomic E-state index is -0.625. The topological polar surface area (TPSA) is 66.0 Å². The molecule has 0 unspecified atom stereocenters. The molecule has 0 spiro atoms. The van der Waals surface area contributed by atoms with E-state index in [0.29, 0.717) is 38.5 Å². The van der Waals surface area contributed by atoms with Crippen LogP contribution in [0.15, 0.2) is 103 Å². The Morgan fingerprint density at radius 2 is 1.32 bits per heavy atom. The third-order valence-corrected chi connectivity index (χ3v) is 6.09. The van der Waals surface area contributed by atoms with Crippen LogP contribution in [0.5, 0.6) is 0 Å². The van der Waals surface area contributed by atoms with E-state index in [9.17, 15) is 4.79 Å². The first-order valence-electron chi connectivity index (χ1n) is 12.8. The van der Waals surface area contributed by atoms with Gasteiger partial charge in [-0.1, -0.05) is 97.9 Å². The molecule has 37 heavy (non-hydrogen) atoms. The second kappa shape index (κ2) is 14.3. The first kappa shape index (κ1) is 26.6. The third kappa shape index (κ3) is 8.02. The van der Waals surface area contributed by atoms with E-state index in [2.05, 4.69) is 5.32 Å². The Bertz CT molecular complexity index is 1100. The molecule has 1 amide bonds. The zero-order chi connectivity index (χ0) is 25.7. The number of carbonyl (C=O) groups excluding carboxylic acids is 1. The predicted octanol–water partition coefficient (Wildman–Crippen LogP) is 5.18. The van der Waals surface area contributed by atoms with Gasteiger partial charge in [0, 0.05) is 6.54 Å². The monoisotopic (exact) mass is 501 g/mol. The second-order valence-electron chi connectivity index (χ2n) is 8.98. The molecule has 3 atom stereocenters. The van der Waals surface area contributed by atoms with Gasteiger partial charge >= 0.3 is 0 Å². The van der Waals surface area contributed by atoms with Crippen LogP contribution in [0.25, 0.3) is 0 Å². The highest BCUT2D eigenvalue weighted by molar-refractivity contribution is 5.94. The molecule has 1 heterocycles. The molecule has 1 N–H and O–H groups in total. The molecule has 0 bridgehead atoms. The van der Waals surface area contributed by atoms with Crippen molar-refractivity contribution in [1.29, 1.82) is 0 Å². The number of ether oxygens (including phenoxy) is 4. The van der Waals surface area contributed by atoms with E-state index in [4.69, 9.17) is 18.9 Å². The maximum Gasteiger partial charge on any atom is 0.253 e. The molecular formula is C31H35NO5. The number of nitrogens with one attached hydrogen (secondary N) is 1. The van der Waals surface area contributed by atoms with Crippen molar-refractivity contribution in [2.75, 3.05) is 13.2 Å². The summed E-state index contributed by atoms with van der Waals surface area (Å²) in [5.41, 5.74) is 3.54. The normalized spacial score (nSPS) is 19.1. The molecule has 0 fully saturated rings. The molecule has 194 valence electrons. The Morgan fingerprint density at radius 3 is 1.89 bits per heavy atom. The van der Waals surface area contributed by atoms with E-state index >= 15 is 0 Å². The second-order valence-corrected chi connectivity index (χ2v) is 8.98. The number of amides is 1. The van der Waals surface area contributed by atoms with Crippen molar-refractivity contribution in [2.24, 2.45) is 0 Å². The summed E-state index contributed by atoms with van der Waals surface area (Å²) in [6, 6.07) is 29.8. The van der Waals surface area contributed by atoms with Gasteiger partial charge in [0.05, 0.1) is 38.3 Å². The first-order chi connectivity index (χ1) is 18.2. The van der Waals surface area contributed by atoms with Crippen molar-refractivity contribution in [2.45, 2.75) is 51.5 Å². The quantitative estimate of drug-likeness (QED) is 0.350. The summed E-state index contributed by atoms with van der Waals surface area (Å²) >= 11 is 0. The van der Waals surface area contributed by atoms with Gasteiger partial charge in [0.2, 0.25) is 0 Å². The fraction of sp³-hybridized carbons (Fsp3) is 0.323. The van der Waals surface area contributed by atoms with E-state index < -0.39 is 18.3 Å². The smallest absolute Gasteiger partial charge is 0.253 e. The number of benzene rings is 3. The standard InChI is InChI=1S/C31H35NO5/c1-2-18-32-31(33)27-22-35-28(23-34-19-24-12-6-3-7-13-24)30(37-21-26-16-10-5-11-17-26)29(27)36-20-25-14-8-4-9-15-25/h3-17,22,28-30H,2,18-21,23H2,1H3,(H,32,33)/t28-,29-,30-/m1/s1. The largest absolute Gasteiger partial charge is 0.492 e. The van der Waals surface area contributed by atoms with Crippen LogP contribution in [0.3, 0.4) is 0 Å². The molecule has 3 aromatic rings. The van der Waals surface area contributed by atoms with Gasteiger partial charge in [0.25, 0.3) is 5.91 Å². The summed E-state index contributed by atoms with van der Waals surface area (Å²) < 4.78 is 24.9. The van der Waals surface area contributed by atoms with E-state index in [1.807, 2.05) is 97.9 Å². The third-order valence-electron chi connectivity index (χ3n) is 6.09. The zero-order valence-corrected chi connectivity index (χ0v) is 21.3. The summed E-state index contributed by atoms with van der Waals surface area (Å²) in [6.07, 6.45) is 0.724. The maximum absolute atomic E-state index is 13.1. The van der Waals surface area contributed by atoms with Crippen molar-refractivity contribution in [1.82, 2.24) is 5.32 Å². The molecule has 4 rings (SSSR count). The molecule has 0 radical (unpaired) electrons. The molecule has 1 aliphatic rings. The van der Waals surface area contributed by atoms with Gasteiger partial charge in [0.1, 0.15) is 18.3 Å². The molecule has 6 nitrogen and oxygen atoms in total. The highest BCUT2D eigenvalue weighted by atomic mass is 16.6. The van der Waals surface area contributed by atoms with Crippen LogP contribution in [0.1, 0.15) is 30.0 Å². The van der Waals surface area contributed by atoms with Crippen LogP contribution >= 0.6 is 0 Å². The zero-order valence-electron chi connectivity index (χ0n) is 21.3. The SMILES string of the molecule is CCCNC(=O)C1=CO[C@H](COCc2ccccc2)[C@@H](OCc2ccccc2)[C@@H]1OCc1ccccc1. The maximum atomic E-state index is 13.1. The summed E-state index contributed by atoms with van der Waals surface area (Å²) in [5, 5.41) is 2.95. The van der Waals surface area contributed by atoms with Crippen molar-refractivity contribution >= 4 is 5.91 Å². The summed E-state index contributed by atoms with van der Waals surface area (Å²) in [7, 11) is 0. The Kier molecular flexibility index (Phi) is 10.3. The molecule has 3 aromatic carbocycles.